The first-order valence-corrected chi connectivity index (χ1v) is 7.71. The van der Waals surface area contributed by atoms with Crippen molar-refractivity contribution >= 4 is 17.7 Å². The highest BCUT2D eigenvalue weighted by atomic mass is 32.2. The second kappa shape index (κ2) is 8.05. The second-order valence-corrected chi connectivity index (χ2v) is 6.25. The average Bonchev–Trinajstić information content (AvgIpc) is 2.40. The first kappa shape index (κ1) is 23.2. The van der Waals surface area contributed by atoms with E-state index >= 15 is 0 Å². The van der Waals surface area contributed by atoms with Crippen molar-refractivity contribution in [3.05, 3.63) is 0 Å². The summed E-state index contributed by atoms with van der Waals surface area (Å²) in [6.45, 7) is 1.64. The Morgan fingerprint density at radius 2 is 1.50 bits per heavy atom. The Hall–Kier alpha value is -0.810. The molecule has 0 aliphatic heterocycles. The molecule has 0 saturated heterocycles. The molecule has 0 saturated carbocycles. The van der Waals surface area contributed by atoms with E-state index in [2.05, 4.69) is 0 Å². The lowest BCUT2D eigenvalue weighted by Gasteiger charge is -2.33. The highest BCUT2D eigenvalue weighted by molar-refractivity contribution is 8.00. The van der Waals surface area contributed by atoms with Crippen LogP contribution in [-0.4, -0.2) is 46.0 Å². The Kier molecular flexibility index (Phi) is 7.77. The van der Waals surface area contributed by atoms with Crippen molar-refractivity contribution in [1.29, 1.82) is 0 Å². The molecule has 1 N–H and O–H groups in total. The van der Waals surface area contributed by atoms with Gasteiger partial charge in [0.15, 0.2) is 0 Å². The van der Waals surface area contributed by atoms with Crippen molar-refractivity contribution < 1.29 is 49.4 Å². The Balaban J connectivity index is 4.83. The summed E-state index contributed by atoms with van der Waals surface area (Å²) in [5.41, 5.74) is 0. The molecule has 144 valence electrons. The van der Waals surface area contributed by atoms with Crippen LogP contribution in [0.5, 0.6) is 0 Å². The van der Waals surface area contributed by atoms with Crippen LogP contribution in [0.4, 0.5) is 39.5 Å². The Bertz CT molecular complexity index is 423. The lowest BCUT2D eigenvalue weighted by atomic mass is 10.00. The van der Waals surface area contributed by atoms with Gasteiger partial charge < -0.3 is 5.11 Å². The van der Waals surface area contributed by atoms with Crippen LogP contribution in [0.15, 0.2) is 0 Å². The molecule has 24 heavy (non-hydrogen) atoms. The lowest BCUT2D eigenvalue weighted by Crippen LogP contribution is -2.60. The molecule has 0 spiro atoms. The van der Waals surface area contributed by atoms with E-state index in [1.165, 1.54) is 0 Å². The molecule has 0 aliphatic carbocycles. The van der Waals surface area contributed by atoms with Crippen LogP contribution < -0.4 is 0 Å². The molecule has 2 nitrogen and oxygen atoms in total. The summed E-state index contributed by atoms with van der Waals surface area (Å²) >= 11 is 0.631. The van der Waals surface area contributed by atoms with E-state index in [0.29, 0.717) is 18.2 Å². The number of carboxylic acids is 1. The topological polar surface area (TPSA) is 37.3 Å². The molecule has 0 rings (SSSR count). The minimum Gasteiger partial charge on any atom is -0.480 e. The van der Waals surface area contributed by atoms with Gasteiger partial charge in [-0.15, -0.1) is 11.8 Å². The van der Waals surface area contributed by atoms with Gasteiger partial charge in [-0.3, -0.25) is 4.79 Å². The normalized spacial score (nSPS) is 15.4. The van der Waals surface area contributed by atoms with Crippen LogP contribution in [0.2, 0.25) is 0 Å². The van der Waals surface area contributed by atoms with Crippen molar-refractivity contribution in [2.45, 2.75) is 61.8 Å². The number of halogens is 9. The third kappa shape index (κ3) is 5.09. The summed E-state index contributed by atoms with van der Waals surface area (Å²) in [5, 5.41) is 7.78. The summed E-state index contributed by atoms with van der Waals surface area (Å²) in [6, 6.07) is 0. The summed E-state index contributed by atoms with van der Waals surface area (Å²) < 4.78 is 113. The zero-order valence-electron chi connectivity index (χ0n) is 12.3. The molecule has 0 aromatic rings. The van der Waals surface area contributed by atoms with Crippen molar-refractivity contribution in [2.24, 2.45) is 0 Å². The smallest absolute Gasteiger partial charge is 0.460 e. The fourth-order valence-electron chi connectivity index (χ4n) is 1.62. The maximum atomic E-state index is 13.2. The molecule has 0 aromatic heterocycles. The van der Waals surface area contributed by atoms with Gasteiger partial charge in [0.1, 0.15) is 5.25 Å². The predicted molar refractivity (Wildman–Crippen MR) is 68.9 cm³/mol. The van der Waals surface area contributed by atoms with Gasteiger partial charge in [0, 0.05) is 6.42 Å². The quantitative estimate of drug-likeness (QED) is 0.408. The molecule has 0 aromatic carbocycles. The summed E-state index contributed by atoms with van der Waals surface area (Å²) in [7, 11) is 0. The van der Waals surface area contributed by atoms with Gasteiger partial charge in [0.2, 0.25) is 0 Å². The van der Waals surface area contributed by atoms with E-state index in [0.717, 1.165) is 0 Å². The van der Waals surface area contributed by atoms with E-state index < -0.39 is 53.8 Å². The van der Waals surface area contributed by atoms with Gasteiger partial charge >= 0.3 is 29.9 Å². The predicted octanol–water partition coefficient (Wildman–Crippen LogP) is 5.22. The number of rotatable bonds is 10. The second-order valence-electron chi connectivity index (χ2n) is 4.94. The highest BCUT2D eigenvalue weighted by Gasteiger charge is 2.81. The van der Waals surface area contributed by atoms with Gasteiger partial charge in [-0.25, -0.2) is 0 Å². The molecule has 1 atom stereocenters. The van der Waals surface area contributed by atoms with Crippen molar-refractivity contribution in [3.63, 3.8) is 0 Å². The minimum atomic E-state index is -6.89. The molecule has 0 radical (unpaired) electrons. The molecule has 0 aliphatic rings. The van der Waals surface area contributed by atoms with Crippen LogP contribution in [0, 0.1) is 0 Å². The van der Waals surface area contributed by atoms with Gasteiger partial charge in [-0.2, -0.15) is 39.5 Å². The largest absolute Gasteiger partial charge is 0.480 e. The standard InChI is InChI=1S/C12H15F9O2S/c1-2-4-7(8(22)23)24-6-3-5-9(13,14)10(15,16)11(17,18)12(19,20)21/h7H,2-6H2,1H3,(H,22,23). The van der Waals surface area contributed by atoms with Gasteiger partial charge in [-0.05, 0) is 18.6 Å². The molecule has 0 heterocycles. The summed E-state index contributed by atoms with van der Waals surface area (Å²) in [4.78, 5) is 10.8. The van der Waals surface area contributed by atoms with Crippen molar-refractivity contribution in [1.82, 2.24) is 0 Å². The number of thioether (sulfide) groups is 1. The lowest BCUT2D eigenvalue weighted by molar-refractivity contribution is -0.396. The van der Waals surface area contributed by atoms with Crippen molar-refractivity contribution in [2.75, 3.05) is 5.75 Å². The van der Waals surface area contributed by atoms with E-state index in [4.69, 9.17) is 5.11 Å². The Morgan fingerprint density at radius 1 is 1.00 bits per heavy atom. The number of aliphatic carboxylic acids is 1. The highest BCUT2D eigenvalue weighted by Crippen LogP contribution is 2.54. The zero-order valence-corrected chi connectivity index (χ0v) is 13.1. The monoisotopic (exact) mass is 394 g/mol. The average molecular weight is 394 g/mol. The van der Waals surface area contributed by atoms with E-state index in [1.807, 2.05) is 0 Å². The maximum absolute atomic E-state index is 13.2. The van der Waals surface area contributed by atoms with E-state index in [9.17, 15) is 44.3 Å². The number of carboxylic acid groups (broad SMARTS) is 1. The molecular formula is C12H15F9O2S. The van der Waals surface area contributed by atoms with Crippen LogP contribution in [0.25, 0.3) is 0 Å². The molecule has 12 heteroatoms. The Labute approximate surface area is 135 Å². The Morgan fingerprint density at radius 3 is 1.88 bits per heavy atom. The third-order valence-corrected chi connectivity index (χ3v) is 4.35. The maximum Gasteiger partial charge on any atom is 0.460 e. The van der Waals surface area contributed by atoms with Crippen LogP contribution in [-0.2, 0) is 4.79 Å². The minimum absolute atomic E-state index is 0.165. The number of carbonyl (C=O) groups is 1. The van der Waals surface area contributed by atoms with Gasteiger partial charge in [0.25, 0.3) is 0 Å². The molecule has 0 amide bonds. The fraction of sp³-hybridized carbons (Fsp3) is 0.917. The van der Waals surface area contributed by atoms with Crippen LogP contribution in [0.3, 0.4) is 0 Å². The SMILES string of the molecule is CCCC(SCCCC(F)(F)C(F)(F)C(F)(F)C(F)(F)F)C(=O)O. The van der Waals surface area contributed by atoms with Crippen molar-refractivity contribution in [3.8, 4) is 0 Å². The first-order valence-electron chi connectivity index (χ1n) is 6.66. The first-order chi connectivity index (χ1) is 10.6. The number of hydrogen-bond donors (Lipinski definition) is 1. The third-order valence-electron chi connectivity index (χ3n) is 2.99. The number of alkyl halides is 9. The van der Waals surface area contributed by atoms with E-state index in [-0.39, 0.29) is 6.42 Å². The van der Waals surface area contributed by atoms with Gasteiger partial charge in [-0.1, -0.05) is 13.3 Å². The molecule has 0 fully saturated rings. The fourth-order valence-corrected chi connectivity index (χ4v) is 2.77. The van der Waals surface area contributed by atoms with Gasteiger partial charge in [0.05, 0.1) is 0 Å². The van der Waals surface area contributed by atoms with Crippen LogP contribution >= 0.6 is 11.8 Å². The molecular weight excluding hydrogens is 379 g/mol. The van der Waals surface area contributed by atoms with Crippen LogP contribution in [0.1, 0.15) is 32.6 Å². The molecule has 0 bridgehead atoms. The summed E-state index contributed by atoms with van der Waals surface area (Å²) in [5.74, 6) is -20.8. The summed E-state index contributed by atoms with van der Waals surface area (Å²) in [6.07, 6.45) is -9.01. The zero-order chi connectivity index (χ0) is 19.4. The van der Waals surface area contributed by atoms with E-state index in [1.54, 1.807) is 6.92 Å². The molecule has 1 unspecified atom stereocenters. The number of hydrogen-bond acceptors (Lipinski definition) is 2.